The second-order valence-electron chi connectivity index (χ2n) is 4.49. The molecule has 0 bridgehead atoms. The zero-order valence-corrected chi connectivity index (χ0v) is 9.81. The predicted molar refractivity (Wildman–Crippen MR) is 55.1 cm³/mol. The molecule has 1 rings (SSSR count). The van der Waals surface area contributed by atoms with Crippen LogP contribution in [0.1, 0.15) is 25.1 Å². The number of hydrogen-bond donors (Lipinski definition) is 1. The fourth-order valence-electron chi connectivity index (χ4n) is 1.47. The molecule has 0 aliphatic heterocycles. The molecular weight excluding hydrogens is 219 g/mol. The quantitative estimate of drug-likeness (QED) is 0.868. The number of likely N-dealkylation sites (N-methyl/N-ethyl adjacent to an activating group) is 1. The lowest BCUT2D eigenvalue weighted by Gasteiger charge is -2.23. The third kappa shape index (κ3) is 2.98. The summed E-state index contributed by atoms with van der Waals surface area (Å²) in [4.78, 5) is 0. The zero-order chi connectivity index (χ0) is 12.6. The first-order chi connectivity index (χ1) is 7.15. The number of rotatable bonds is 3. The Morgan fingerprint density at radius 2 is 1.94 bits per heavy atom. The van der Waals surface area contributed by atoms with Crippen LogP contribution in [0.2, 0.25) is 0 Å². The van der Waals surface area contributed by atoms with Gasteiger partial charge >= 0.3 is 6.18 Å². The maximum atomic E-state index is 12.6. The normalized spacial score (nSPS) is 13.2. The number of nitrogens with zero attached hydrogens (tertiary/aromatic N) is 2. The van der Waals surface area contributed by atoms with Crippen molar-refractivity contribution < 1.29 is 13.2 Å². The van der Waals surface area contributed by atoms with E-state index in [4.69, 9.17) is 0 Å². The fourth-order valence-corrected chi connectivity index (χ4v) is 1.47. The number of nitrogens with one attached hydrogen (secondary N) is 1. The molecule has 0 radical (unpaired) electrons. The van der Waals surface area contributed by atoms with E-state index in [-0.39, 0.29) is 17.5 Å². The van der Waals surface area contributed by atoms with Gasteiger partial charge in [0.15, 0.2) is 5.69 Å². The topological polar surface area (TPSA) is 29.9 Å². The first-order valence-electron chi connectivity index (χ1n) is 4.94. The summed E-state index contributed by atoms with van der Waals surface area (Å²) >= 11 is 0. The highest BCUT2D eigenvalue weighted by Gasteiger charge is 2.37. The second kappa shape index (κ2) is 4.08. The van der Waals surface area contributed by atoms with Crippen molar-refractivity contribution in [2.75, 3.05) is 7.05 Å². The lowest BCUT2D eigenvalue weighted by molar-refractivity contribution is -0.142. The van der Waals surface area contributed by atoms with Gasteiger partial charge in [0.1, 0.15) is 0 Å². The monoisotopic (exact) mass is 235 g/mol. The molecule has 1 aromatic heterocycles. The van der Waals surface area contributed by atoms with Crippen LogP contribution in [0, 0.1) is 0 Å². The molecular formula is C10H16F3N3. The van der Waals surface area contributed by atoms with Crippen molar-refractivity contribution in [3.8, 4) is 0 Å². The fraction of sp³-hybridized carbons (Fsp3) is 0.700. The molecule has 0 aliphatic carbocycles. The van der Waals surface area contributed by atoms with Crippen LogP contribution in [0.4, 0.5) is 13.2 Å². The predicted octanol–water partition coefficient (Wildman–Crippen LogP) is 1.98. The van der Waals surface area contributed by atoms with Crippen LogP contribution in [0.25, 0.3) is 0 Å². The van der Waals surface area contributed by atoms with Crippen molar-refractivity contribution in [3.05, 3.63) is 17.5 Å². The Labute approximate surface area is 92.6 Å². The Kier molecular flexibility index (Phi) is 3.33. The highest BCUT2D eigenvalue weighted by Crippen LogP contribution is 2.31. The van der Waals surface area contributed by atoms with Gasteiger partial charge in [0.05, 0.1) is 0 Å². The van der Waals surface area contributed by atoms with Crippen LogP contribution < -0.4 is 5.32 Å². The molecule has 3 nitrogen and oxygen atoms in total. The molecule has 6 heteroatoms. The van der Waals surface area contributed by atoms with Gasteiger partial charge in [0, 0.05) is 24.3 Å². The Balaban J connectivity index is 3.05. The summed E-state index contributed by atoms with van der Waals surface area (Å²) in [5, 5.41) is 6.44. The molecule has 1 heterocycles. The van der Waals surface area contributed by atoms with Gasteiger partial charge in [-0.3, -0.25) is 4.68 Å². The summed E-state index contributed by atoms with van der Waals surface area (Å²) in [5.41, 5.74) is -0.962. The maximum Gasteiger partial charge on any atom is 0.435 e. The van der Waals surface area contributed by atoms with Crippen molar-refractivity contribution in [1.29, 1.82) is 0 Å². The van der Waals surface area contributed by atoms with Gasteiger partial charge in [-0.05, 0) is 27.3 Å². The highest BCUT2D eigenvalue weighted by molar-refractivity contribution is 5.22. The van der Waals surface area contributed by atoms with Crippen LogP contribution in [-0.2, 0) is 19.6 Å². The van der Waals surface area contributed by atoms with Crippen molar-refractivity contribution in [2.24, 2.45) is 7.05 Å². The number of aryl methyl sites for hydroxylation is 1. The Morgan fingerprint density at radius 3 is 2.38 bits per heavy atom. The van der Waals surface area contributed by atoms with Crippen LogP contribution in [-0.4, -0.2) is 22.4 Å². The standard InChI is InChI=1S/C10H16F3N3/c1-9(2,14-3)5-7-6-16(4)15-8(7)10(11,12)13/h6,14H,5H2,1-4H3. The number of alkyl halides is 3. The molecule has 0 spiro atoms. The Morgan fingerprint density at radius 1 is 1.38 bits per heavy atom. The van der Waals surface area contributed by atoms with Gasteiger partial charge in [-0.2, -0.15) is 18.3 Å². The van der Waals surface area contributed by atoms with E-state index < -0.39 is 11.9 Å². The van der Waals surface area contributed by atoms with Gasteiger partial charge in [0.25, 0.3) is 0 Å². The van der Waals surface area contributed by atoms with Gasteiger partial charge < -0.3 is 5.32 Å². The summed E-state index contributed by atoms with van der Waals surface area (Å²) in [6, 6.07) is 0. The minimum Gasteiger partial charge on any atom is -0.314 e. The van der Waals surface area contributed by atoms with Gasteiger partial charge in [-0.15, -0.1) is 0 Å². The molecule has 1 aromatic rings. The number of hydrogen-bond acceptors (Lipinski definition) is 2. The lowest BCUT2D eigenvalue weighted by atomic mass is 9.95. The largest absolute Gasteiger partial charge is 0.435 e. The molecule has 0 unspecified atom stereocenters. The van der Waals surface area contributed by atoms with E-state index in [0.717, 1.165) is 0 Å². The molecule has 0 saturated heterocycles. The van der Waals surface area contributed by atoms with Gasteiger partial charge in [-0.1, -0.05) is 0 Å². The second-order valence-corrected chi connectivity index (χ2v) is 4.49. The van der Waals surface area contributed by atoms with Crippen molar-refractivity contribution in [2.45, 2.75) is 32.0 Å². The van der Waals surface area contributed by atoms with E-state index in [2.05, 4.69) is 10.4 Å². The molecule has 0 fully saturated rings. The zero-order valence-electron chi connectivity index (χ0n) is 9.81. The minimum atomic E-state index is -4.39. The van der Waals surface area contributed by atoms with Gasteiger partial charge in [-0.25, -0.2) is 0 Å². The molecule has 92 valence electrons. The van der Waals surface area contributed by atoms with Crippen LogP contribution >= 0.6 is 0 Å². The SMILES string of the molecule is CNC(C)(C)Cc1cn(C)nc1C(F)(F)F. The van der Waals surface area contributed by atoms with E-state index in [1.807, 2.05) is 13.8 Å². The summed E-state index contributed by atoms with van der Waals surface area (Å²) in [6.07, 6.45) is -2.69. The van der Waals surface area contributed by atoms with Crippen LogP contribution in [0.3, 0.4) is 0 Å². The summed E-state index contributed by atoms with van der Waals surface area (Å²) < 4.78 is 39.1. The van der Waals surface area contributed by atoms with Crippen molar-refractivity contribution in [1.82, 2.24) is 15.1 Å². The van der Waals surface area contributed by atoms with E-state index in [9.17, 15) is 13.2 Å². The lowest BCUT2D eigenvalue weighted by Crippen LogP contribution is -2.38. The molecule has 0 aromatic carbocycles. The van der Waals surface area contributed by atoms with Gasteiger partial charge in [0.2, 0.25) is 0 Å². The average Bonchev–Trinajstić information content (AvgIpc) is 2.45. The van der Waals surface area contributed by atoms with E-state index in [1.54, 1.807) is 7.05 Å². The first kappa shape index (κ1) is 13.0. The third-order valence-corrected chi connectivity index (χ3v) is 2.48. The molecule has 16 heavy (non-hydrogen) atoms. The minimum absolute atomic E-state index is 0.217. The maximum absolute atomic E-state index is 12.6. The van der Waals surface area contributed by atoms with E-state index >= 15 is 0 Å². The smallest absolute Gasteiger partial charge is 0.314 e. The van der Waals surface area contributed by atoms with E-state index in [0.29, 0.717) is 0 Å². The summed E-state index contributed by atoms with van der Waals surface area (Å²) in [7, 11) is 3.22. The number of halogens is 3. The molecule has 0 amide bonds. The molecule has 0 saturated carbocycles. The average molecular weight is 235 g/mol. The summed E-state index contributed by atoms with van der Waals surface area (Å²) in [5.74, 6) is 0. The van der Waals surface area contributed by atoms with Crippen molar-refractivity contribution >= 4 is 0 Å². The highest BCUT2D eigenvalue weighted by atomic mass is 19.4. The Hall–Kier alpha value is -1.04. The van der Waals surface area contributed by atoms with Crippen molar-refractivity contribution in [3.63, 3.8) is 0 Å². The number of aromatic nitrogens is 2. The molecule has 1 N–H and O–H groups in total. The third-order valence-electron chi connectivity index (χ3n) is 2.48. The summed E-state index contributed by atoms with van der Waals surface area (Å²) in [6.45, 7) is 3.69. The Bertz CT molecular complexity index is 366. The molecule has 0 aliphatic rings. The first-order valence-corrected chi connectivity index (χ1v) is 4.94. The van der Waals surface area contributed by atoms with Crippen LogP contribution in [0.15, 0.2) is 6.20 Å². The van der Waals surface area contributed by atoms with E-state index in [1.165, 1.54) is 17.9 Å². The van der Waals surface area contributed by atoms with Crippen LogP contribution in [0.5, 0.6) is 0 Å². The molecule has 0 atom stereocenters.